The highest BCUT2D eigenvalue weighted by Crippen LogP contribution is 2.43. The van der Waals surface area contributed by atoms with Gasteiger partial charge in [0.1, 0.15) is 6.61 Å². The van der Waals surface area contributed by atoms with Crippen molar-refractivity contribution in [1.29, 1.82) is 0 Å². The fourth-order valence-corrected chi connectivity index (χ4v) is 5.49. The van der Waals surface area contributed by atoms with E-state index in [0.717, 1.165) is 64.2 Å². The normalized spacial score (nSPS) is 14.2. The van der Waals surface area contributed by atoms with Crippen LogP contribution in [0.15, 0.2) is 72.9 Å². The number of nitrogens with two attached hydrogens (primary N) is 1. The maximum Gasteiger partial charge on any atom is 0.472 e. The Morgan fingerprint density at radius 3 is 1.69 bits per heavy atom. The molecule has 0 aromatic heterocycles. The number of phosphoric acid groups is 1. The van der Waals surface area contributed by atoms with E-state index in [1.54, 1.807) is 0 Å². The first-order valence-corrected chi connectivity index (χ1v) is 20.9. The minimum absolute atomic E-state index is 0.0397. The summed E-state index contributed by atoms with van der Waals surface area (Å²) in [5.41, 5.74) is 5.33. The molecule has 0 amide bonds. The lowest BCUT2D eigenvalue weighted by atomic mass is 10.1. The van der Waals surface area contributed by atoms with Gasteiger partial charge in [0, 0.05) is 19.4 Å². The van der Waals surface area contributed by atoms with Crippen molar-refractivity contribution in [2.75, 3.05) is 26.4 Å². The molecule has 0 fully saturated rings. The van der Waals surface area contributed by atoms with E-state index in [0.29, 0.717) is 19.3 Å². The maximum absolute atomic E-state index is 12.5. The quantitative estimate of drug-likeness (QED) is 0.0282. The molecule has 0 rings (SSSR count). The number of hydrogen-bond donors (Lipinski definition) is 2. The highest BCUT2D eigenvalue weighted by atomic mass is 31.2. The Kier molecular flexibility index (Phi) is 35.4. The lowest BCUT2D eigenvalue weighted by Crippen LogP contribution is -2.29. The molecule has 0 bridgehead atoms. The van der Waals surface area contributed by atoms with E-state index in [1.165, 1.54) is 32.1 Å². The fraction of sp³-hybridized carbons (Fsp3) is 0.659. The molecule has 3 N–H and O–H groups in total. The maximum atomic E-state index is 12.5. The van der Waals surface area contributed by atoms with E-state index in [2.05, 4.69) is 80.7 Å². The van der Waals surface area contributed by atoms with Crippen LogP contribution in [0.25, 0.3) is 0 Å². The van der Waals surface area contributed by atoms with Gasteiger partial charge in [-0.2, -0.15) is 0 Å². The summed E-state index contributed by atoms with van der Waals surface area (Å²) in [6.45, 7) is 3.49. The van der Waals surface area contributed by atoms with Crippen LogP contribution in [0, 0.1) is 0 Å². The Morgan fingerprint density at radius 1 is 0.608 bits per heavy atom. The van der Waals surface area contributed by atoms with Crippen LogP contribution in [0.3, 0.4) is 0 Å². The van der Waals surface area contributed by atoms with Crippen molar-refractivity contribution in [1.82, 2.24) is 0 Å². The Labute approximate surface area is 310 Å². The monoisotopic (exact) mass is 735 g/mol. The standard InChI is InChI=1S/C41H70NO8P/c1-3-5-7-9-11-13-15-17-18-19-20-22-24-26-28-30-32-34-41(44)50-39(38-49-51(45,46)48-36-35-42)37-47-40(43)33-31-29-27-25-23-21-16-14-12-10-8-6-4-2/h5,7,11,13-14,16-18,20,22,26,28,39H,3-4,6,8-10,12,15,19,21,23-25,27,29-38,42H2,1-2H3,(H,45,46)/b7-5+,13-11+,16-14+,18-17+,22-20+,28-26+/t39-/m1/s1. The van der Waals surface area contributed by atoms with Crippen molar-refractivity contribution in [2.45, 2.75) is 148 Å². The number of esters is 2. The van der Waals surface area contributed by atoms with Crippen molar-refractivity contribution in [3.05, 3.63) is 72.9 Å². The van der Waals surface area contributed by atoms with Gasteiger partial charge in [0.15, 0.2) is 6.10 Å². The van der Waals surface area contributed by atoms with Crippen LogP contribution in [0.5, 0.6) is 0 Å². The summed E-state index contributed by atoms with van der Waals surface area (Å²) < 4.78 is 32.6. The van der Waals surface area contributed by atoms with Crippen molar-refractivity contribution in [3.8, 4) is 0 Å². The van der Waals surface area contributed by atoms with E-state index in [1.807, 2.05) is 6.08 Å². The fourth-order valence-electron chi connectivity index (χ4n) is 4.72. The molecule has 0 aliphatic heterocycles. The summed E-state index contributed by atoms with van der Waals surface area (Å²) in [5, 5.41) is 0. The third-order valence-corrected chi connectivity index (χ3v) is 8.56. The first kappa shape index (κ1) is 48.5. The number of ether oxygens (including phenoxy) is 2. The molecule has 0 saturated carbocycles. The van der Waals surface area contributed by atoms with Gasteiger partial charge >= 0.3 is 19.8 Å². The molecule has 0 aromatic rings. The molecule has 1 unspecified atom stereocenters. The average Bonchev–Trinajstić information content (AvgIpc) is 3.11. The number of rotatable bonds is 35. The van der Waals surface area contributed by atoms with Crippen LogP contribution in [0.1, 0.15) is 142 Å². The average molecular weight is 736 g/mol. The van der Waals surface area contributed by atoms with Gasteiger partial charge in [-0.3, -0.25) is 18.6 Å². The molecule has 292 valence electrons. The molecule has 0 saturated heterocycles. The van der Waals surface area contributed by atoms with E-state index in [9.17, 15) is 19.0 Å². The SMILES string of the molecule is CC/C=C/C/C=C/C/C=C/C/C=C/C/C=C/CCCC(=O)O[C@H](COC(=O)CCCCCCC/C=C/CCCCCC)COP(=O)(O)OCCN. The predicted octanol–water partition coefficient (Wildman–Crippen LogP) is 10.7. The minimum atomic E-state index is -4.39. The number of carbonyl (C=O) groups excluding carboxylic acids is 2. The molecule has 51 heavy (non-hydrogen) atoms. The molecule has 0 aromatic carbocycles. The summed E-state index contributed by atoms with van der Waals surface area (Å²) in [6, 6.07) is 0. The van der Waals surface area contributed by atoms with Crippen LogP contribution in [0.2, 0.25) is 0 Å². The molecule has 2 atom stereocenters. The number of phosphoric ester groups is 1. The van der Waals surface area contributed by atoms with Gasteiger partial charge in [0.2, 0.25) is 0 Å². The van der Waals surface area contributed by atoms with Crippen molar-refractivity contribution < 1.29 is 37.6 Å². The number of unbranched alkanes of at least 4 members (excludes halogenated alkanes) is 10. The van der Waals surface area contributed by atoms with Crippen molar-refractivity contribution in [3.63, 3.8) is 0 Å². The van der Waals surface area contributed by atoms with Crippen LogP contribution in [-0.2, 0) is 32.7 Å². The second kappa shape index (κ2) is 37.2. The molecule has 0 heterocycles. The number of allylic oxidation sites excluding steroid dienone is 12. The van der Waals surface area contributed by atoms with Gasteiger partial charge in [-0.1, -0.05) is 125 Å². The van der Waals surface area contributed by atoms with Gasteiger partial charge < -0.3 is 20.1 Å². The Bertz CT molecular complexity index is 1070. The smallest absolute Gasteiger partial charge is 0.462 e. The van der Waals surface area contributed by atoms with Gasteiger partial charge in [-0.15, -0.1) is 0 Å². The van der Waals surface area contributed by atoms with E-state index < -0.39 is 32.5 Å². The molecular formula is C41H70NO8P. The first-order valence-electron chi connectivity index (χ1n) is 19.4. The number of carbonyl (C=O) groups is 2. The first-order chi connectivity index (χ1) is 24.8. The predicted molar refractivity (Wildman–Crippen MR) is 210 cm³/mol. The molecule has 0 spiro atoms. The van der Waals surface area contributed by atoms with Crippen LogP contribution in [-0.4, -0.2) is 49.3 Å². The minimum Gasteiger partial charge on any atom is -0.462 e. The summed E-state index contributed by atoms with van der Waals surface area (Å²) in [7, 11) is -4.39. The zero-order valence-corrected chi connectivity index (χ0v) is 32.7. The van der Waals surface area contributed by atoms with E-state index >= 15 is 0 Å². The van der Waals surface area contributed by atoms with Crippen molar-refractivity contribution >= 4 is 19.8 Å². The van der Waals surface area contributed by atoms with Crippen LogP contribution in [0.4, 0.5) is 0 Å². The van der Waals surface area contributed by atoms with E-state index in [-0.39, 0.29) is 32.6 Å². The second-order valence-electron chi connectivity index (χ2n) is 12.4. The molecule has 9 nitrogen and oxygen atoms in total. The lowest BCUT2D eigenvalue weighted by Gasteiger charge is -2.19. The largest absolute Gasteiger partial charge is 0.472 e. The second-order valence-corrected chi connectivity index (χ2v) is 13.9. The van der Waals surface area contributed by atoms with Gasteiger partial charge in [0.05, 0.1) is 13.2 Å². The third kappa shape index (κ3) is 37.0. The van der Waals surface area contributed by atoms with E-state index in [4.69, 9.17) is 24.3 Å². The lowest BCUT2D eigenvalue weighted by molar-refractivity contribution is -0.161. The summed E-state index contributed by atoms with van der Waals surface area (Å²) in [4.78, 5) is 34.7. The zero-order chi connectivity index (χ0) is 37.5. The Balaban J connectivity index is 4.36. The van der Waals surface area contributed by atoms with Crippen LogP contribution >= 0.6 is 7.82 Å². The van der Waals surface area contributed by atoms with Gasteiger partial charge in [0.25, 0.3) is 0 Å². The Hall–Kier alpha value is -2.55. The molecular weight excluding hydrogens is 665 g/mol. The Morgan fingerprint density at radius 2 is 1.10 bits per heavy atom. The number of hydrogen-bond acceptors (Lipinski definition) is 8. The molecule has 0 radical (unpaired) electrons. The topological polar surface area (TPSA) is 134 Å². The highest BCUT2D eigenvalue weighted by molar-refractivity contribution is 7.47. The summed E-state index contributed by atoms with van der Waals surface area (Å²) >= 11 is 0. The zero-order valence-electron chi connectivity index (χ0n) is 31.8. The molecule has 0 aliphatic carbocycles. The molecule has 10 heteroatoms. The highest BCUT2D eigenvalue weighted by Gasteiger charge is 2.25. The summed E-state index contributed by atoms with van der Waals surface area (Å²) in [5.74, 6) is -0.916. The third-order valence-electron chi connectivity index (χ3n) is 7.58. The summed E-state index contributed by atoms with van der Waals surface area (Å²) in [6.07, 6.45) is 43.7. The van der Waals surface area contributed by atoms with Crippen LogP contribution < -0.4 is 5.73 Å². The van der Waals surface area contributed by atoms with Gasteiger partial charge in [-0.25, -0.2) is 4.57 Å². The molecule has 0 aliphatic rings. The van der Waals surface area contributed by atoms with Gasteiger partial charge in [-0.05, 0) is 77.0 Å². The van der Waals surface area contributed by atoms with Crippen molar-refractivity contribution in [2.24, 2.45) is 5.73 Å².